The molecule has 0 bridgehead atoms. The highest BCUT2D eigenvalue weighted by atomic mass is 32.2. The van der Waals surface area contributed by atoms with Crippen LogP contribution in [-0.4, -0.2) is 121 Å². The lowest BCUT2D eigenvalue weighted by Gasteiger charge is -2.31. The molecule has 266 valence electrons. The van der Waals surface area contributed by atoms with Crippen molar-refractivity contribution >= 4 is 26.1 Å². The quantitative estimate of drug-likeness (QED) is 0.390. The van der Waals surface area contributed by atoms with Crippen LogP contribution < -0.4 is 14.8 Å². The van der Waals surface area contributed by atoms with Gasteiger partial charge in [-0.25, -0.2) is 25.9 Å². The molecule has 0 radical (unpaired) electrons. The van der Waals surface area contributed by atoms with Gasteiger partial charge in [0.05, 0.1) is 51.2 Å². The summed E-state index contributed by atoms with van der Waals surface area (Å²) in [6, 6.07) is 12.5. The summed E-state index contributed by atoms with van der Waals surface area (Å²) in [5, 5.41) is 14.5. The summed E-state index contributed by atoms with van der Waals surface area (Å²) in [6.45, 7) is 0.247. The molecule has 14 nitrogen and oxygen atoms in total. The Bertz CT molecular complexity index is 1590. The maximum Gasteiger partial charge on any atom is 0.407 e. The highest BCUT2D eigenvalue weighted by Gasteiger charge is 2.44. The Morgan fingerprint density at radius 2 is 1.85 bits per heavy atom. The average molecular weight is 712 g/mol. The van der Waals surface area contributed by atoms with E-state index >= 15 is 0 Å². The van der Waals surface area contributed by atoms with E-state index in [2.05, 4.69) is 5.32 Å². The summed E-state index contributed by atoms with van der Waals surface area (Å²) in [5.74, 6) is 0.393. The van der Waals surface area contributed by atoms with Crippen molar-refractivity contribution < 1.29 is 50.4 Å². The number of alkyl carbamates (subject to hydrolysis) is 1. The molecule has 0 saturated carbocycles. The molecule has 3 heterocycles. The molecule has 2 saturated heterocycles. The Morgan fingerprint density at radius 3 is 2.60 bits per heavy atom. The van der Waals surface area contributed by atoms with Crippen molar-refractivity contribution in [2.75, 3.05) is 59.4 Å². The van der Waals surface area contributed by atoms with E-state index in [0.29, 0.717) is 38.0 Å². The van der Waals surface area contributed by atoms with Crippen LogP contribution in [-0.2, 0) is 40.7 Å². The molecular formula is C32H45N3O11S2. The first-order chi connectivity index (χ1) is 23.0. The monoisotopic (exact) mass is 711 g/mol. The van der Waals surface area contributed by atoms with E-state index in [9.17, 15) is 26.7 Å². The van der Waals surface area contributed by atoms with Gasteiger partial charge in [-0.1, -0.05) is 30.3 Å². The van der Waals surface area contributed by atoms with Crippen LogP contribution in [0.5, 0.6) is 11.5 Å². The van der Waals surface area contributed by atoms with Gasteiger partial charge in [0.1, 0.15) is 22.5 Å². The van der Waals surface area contributed by atoms with Crippen molar-refractivity contribution in [3.63, 3.8) is 0 Å². The number of β-amino-alcohol motifs (C(OH)–C–C–N with tert-alkyl or cyclic N) is 1. The lowest BCUT2D eigenvalue weighted by Crippen LogP contribution is -2.52. The highest BCUT2D eigenvalue weighted by molar-refractivity contribution is 7.89. The van der Waals surface area contributed by atoms with Gasteiger partial charge in [-0.05, 0) is 49.8 Å². The topological polar surface area (TPSA) is 170 Å². The van der Waals surface area contributed by atoms with Crippen molar-refractivity contribution in [3.05, 3.63) is 54.1 Å². The molecule has 0 spiro atoms. The first kappa shape index (κ1) is 36.3. The van der Waals surface area contributed by atoms with Crippen LogP contribution in [0, 0.1) is 5.92 Å². The molecule has 0 unspecified atom stereocenters. The van der Waals surface area contributed by atoms with Gasteiger partial charge in [0, 0.05) is 32.2 Å². The van der Waals surface area contributed by atoms with Gasteiger partial charge in [0.2, 0.25) is 20.0 Å². The van der Waals surface area contributed by atoms with Crippen LogP contribution in [0.1, 0.15) is 31.2 Å². The van der Waals surface area contributed by atoms with E-state index in [4.69, 9.17) is 23.7 Å². The maximum atomic E-state index is 14.3. The van der Waals surface area contributed by atoms with Gasteiger partial charge in [-0.15, -0.1) is 0 Å². The third kappa shape index (κ3) is 9.16. The molecule has 16 heteroatoms. The number of carbonyl (C=O) groups is 1. The maximum absolute atomic E-state index is 14.3. The molecule has 2 fully saturated rings. The van der Waals surface area contributed by atoms with Crippen LogP contribution in [0.3, 0.4) is 0 Å². The number of nitrogens with zero attached hydrogens (tertiary/aromatic N) is 2. The van der Waals surface area contributed by atoms with E-state index in [1.807, 2.05) is 30.3 Å². The number of benzene rings is 2. The molecule has 2 N–H and O–H groups in total. The summed E-state index contributed by atoms with van der Waals surface area (Å²) in [5.41, 5.74) is 0.789. The number of nitrogens with one attached hydrogen (secondary N) is 1. The van der Waals surface area contributed by atoms with Crippen molar-refractivity contribution in [1.82, 2.24) is 13.9 Å². The molecular weight excluding hydrogens is 666 g/mol. The van der Waals surface area contributed by atoms with Crippen molar-refractivity contribution in [3.8, 4) is 11.5 Å². The zero-order valence-corrected chi connectivity index (χ0v) is 28.9. The van der Waals surface area contributed by atoms with Crippen LogP contribution in [0.15, 0.2) is 53.4 Å². The van der Waals surface area contributed by atoms with Crippen molar-refractivity contribution in [2.24, 2.45) is 5.92 Å². The second-order valence-electron chi connectivity index (χ2n) is 12.2. The Morgan fingerprint density at radius 1 is 1.06 bits per heavy atom. The number of aliphatic hydroxyl groups is 1. The largest absolute Gasteiger partial charge is 0.497 e. The molecule has 3 aliphatic heterocycles. The molecule has 0 aromatic heterocycles. The van der Waals surface area contributed by atoms with Gasteiger partial charge in [-0.2, -0.15) is 4.31 Å². The third-order valence-electron chi connectivity index (χ3n) is 8.85. The number of ether oxygens (including phenoxy) is 5. The number of fused-ring (bicyclic) bond motifs is 2. The van der Waals surface area contributed by atoms with E-state index in [1.54, 1.807) is 0 Å². The fourth-order valence-electron chi connectivity index (χ4n) is 6.16. The van der Waals surface area contributed by atoms with Gasteiger partial charge in [0.15, 0.2) is 6.29 Å². The van der Waals surface area contributed by atoms with Crippen LogP contribution in [0.4, 0.5) is 4.79 Å². The predicted octanol–water partition coefficient (Wildman–Crippen LogP) is 1.97. The normalized spacial score (nSPS) is 25.2. The molecule has 5 atom stereocenters. The van der Waals surface area contributed by atoms with E-state index in [0.717, 1.165) is 16.1 Å². The number of amides is 1. The molecule has 0 aliphatic carbocycles. The zero-order chi connectivity index (χ0) is 34.3. The Hall–Kier alpha value is -2.99. The lowest BCUT2D eigenvalue weighted by atomic mass is 10.0. The molecule has 1 amide bonds. The summed E-state index contributed by atoms with van der Waals surface area (Å²) < 4.78 is 84.4. The van der Waals surface area contributed by atoms with E-state index < -0.39 is 57.2 Å². The summed E-state index contributed by atoms with van der Waals surface area (Å²) in [6.07, 6.45) is 0.591. The Balaban J connectivity index is 1.43. The number of methoxy groups -OCH3 is 1. The number of hydrogen-bond acceptors (Lipinski definition) is 11. The van der Waals surface area contributed by atoms with Gasteiger partial charge in [-0.3, -0.25) is 0 Å². The van der Waals surface area contributed by atoms with Crippen LogP contribution >= 0.6 is 0 Å². The summed E-state index contributed by atoms with van der Waals surface area (Å²) in [4.78, 5) is 13.1. The van der Waals surface area contributed by atoms with E-state index in [-0.39, 0.29) is 55.8 Å². The number of hydrogen-bond donors (Lipinski definition) is 2. The number of carbonyl (C=O) groups excluding carboxylic acids is 1. The van der Waals surface area contributed by atoms with E-state index in [1.165, 1.54) is 29.6 Å². The number of rotatable bonds is 9. The lowest BCUT2D eigenvalue weighted by molar-refractivity contribution is -0.0907. The van der Waals surface area contributed by atoms with Gasteiger partial charge in [0.25, 0.3) is 0 Å². The SMILES string of the molecule is COc1ccc2c(c1)OCCCCCN(S(C)(=O)=O)CCN(C[C@@H](O)[C@H](Cc1ccccc1)NC(=O)O[C@H]1CO[C@H]3OCC[C@H]31)S2(=O)=O. The summed E-state index contributed by atoms with van der Waals surface area (Å²) in [7, 11) is -6.58. The highest BCUT2D eigenvalue weighted by Crippen LogP contribution is 2.34. The molecule has 3 aliphatic rings. The average Bonchev–Trinajstić information content (AvgIpc) is 3.67. The second kappa shape index (κ2) is 16.1. The minimum atomic E-state index is -4.38. The molecule has 48 heavy (non-hydrogen) atoms. The number of aliphatic hydroxyl groups excluding tert-OH is 1. The minimum Gasteiger partial charge on any atom is -0.497 e. The number of sulfonamides is 2. The third-order valence-corrected chi connectivity index (χ3v) is 12.1. The molecule has 2 aromatic rings. The van der Waals surface area contributed by atoms with Crippen molar-refractivity contribution in [2.45, 2.75) is 61.5 Å². The fraction of sp³-hybridized carbons (Fsp3) is 0.594. The first-order valence-electron chi connectivity index (χ1n) is 16.1. The molecule has 5 rings (SSSR count). The van der Waals surface area contributed by atoms with Gasteiger partial charge >= 0.3 is 6.09 Å². The molecule has 2 aromatic carbocycles. The first-order valence-corrected chi connectivity index (χ1v) is 19.4. The predicted molar refractivity (Wildman–Crippen MR) is 175 cm³/mol. The zero-order valence-electron chi connectivity index (χ0n) is 27.2. The minimum absolute atomic E-state index is 0.0866. The van der Waals surface area contributed by atoms with Crippen molar-refractivity contribution in [1.29, 1.82) is 0 Å². The Labute approximate surface area is 282 Å². The van der Waals surface area contributed by atoms with Crippen LogP contribution in [0.2, 0.25) is 0 Å². The van der Waals surface area contributed by atoms with Crippen LogP contribution in [0.25, 0.3) is 0 Å². The van der Waals surface area contributed by atoms with Gasteiger partial charge < -0.3 is 34.1 Å². The standard InChI is InChI=1S/C32H45N3O11S2/c1-42-24-11-12-30-28(20-24)43-17-8-4-7-14-34(47(2,38)39)15-16-35(48(30,40)41)21-27(36)26(19-23-9-5-3-6-10-23)33-32(37)46-29-22-45-31-25(29)13-18-44-31/h3,5-6,9-12,20,25-27,29,31,36H,4,7-8,13-19,21-22H2,1-2H3,(H,33,37)/t25-,26-,27+,29-,31+/m0/s1. The Kier molecular flexibility index (Phi) is 12.2. The summed E-state index contributed by atoms with van der Waals surface area (Å²) >= 11 is 0. The second-order valence-corrected chi connectivity index (χ2v) is 16.1. The fourth-order valence-corrected chi connectivity index (χ4v) is 8.60. The smallest absolute Gasteiger partial charge is 0.407 e.